The lowest BCUT2D eigenvalue weighted by Crippen LogP contribution is -2.45. The monoisotopic (exact) mass is 417 g/mol. The van der Waals surface area contributed by atoms with E-state index >= 15 is 0 Å². The third-order valence-electron chi connectivity index (χ3n) is 4.65. The second kappa shape index (κ2) is 9.56. The lowest BCUT2D eigenvalue weighted by molar-refractivity contribution is 0.0584. The van der Waals surface area contributed by atoms with Gasteiger partial charge in [0.15, 0.2) is 6.10 Å². The Morgan fingerprint density at radius 1 is 1.30 bits per heavy atom. The SMILES string of the molecule is COc1ccccc1C1=NO[C@H](CN(Cc2ccc(F)cc2F)C(=O)NC(C)C)C1. The average Bonchev–Trinajstić information content (AvgIpc) is 3.17. The van der Waals surface area contributed by atoms with Crippen LogP contribution in [0.4, 0.5) is 13.6 Å². The first-order chi connectivity index (χ1) is 14.4. The van der Waals surface area contributed by atoms with Gasteiger partial charge in [-0.2, -0.15) is 0 Å². The van der Waals surface area contributed by atoms with Crippen LogP contribution in [0.1, 0.15) is 31.4 Å². The molecule has 2 aromatic rings. The van der Waals surface area contributed by atoms with Crippen molar-refractivity contribution in [2.45, 2.75) is 39.0 Å². The maximum atomic E-state index is 14.2. The Bertz CT molecular complexity index is 934. The molecule has 2 amide bonds. The highest BCUT2D eigenvalue weighted by molar-refractivity contribution is 6.03. The first-order valence-electron chi connectivity index (χ1n) is 9.72. The number of halogens is 2. The minimum absolute atomic E-state index is 0.0193. The van der Waals surface area contributed by atoms with Crippen LogP contribution >= 0.6 is 0 Å². The van der Waals surface area contributed by atoms with Crippen LogP contribution in [-0.4, -0.2) is 42.4 Å². The van der Waals surface area contributed by atoms with Gasteiger partial charge < -0.3 is 19.8 Å². The number of hydrogen-bond donors (Lipinski definition) is 1. The minimum atomic E-state index is -0.698. The zero-order valence-corrected chi connectivity index (χ0v) is 17.2. The van der Waals surface area contributed by atoms with Gasteiger partial charge in [0.25, 0.3) is 0 Å². The van der Waals surface area contributed by atoms with E-state index in [1.54, 1.807) is 7.11 Å². The molecule has 1 heterocycles. The van der Waals surface area contributed by atoms with Crippen molar-refractivity contribution in [3.8, 4) is 5.75 Å². The highest BCUT2D eigenvalue weighted by Crippen LogP contribution is 2.25. The topological polar surface area (TPSA) is 63.2 Å². The molecule has 160 valence electrons. The molecule has 0 spiro atoms. The van der Waals surface area contributed by atoms with Crippen molar-refractivity contribution >= 4 is 11.7 Å². The molecule has 0 bridgehead atoms. The Hall–Kier alpha value is -3.16. The number of carbonyl (C=O) groups excluding carboxylic acids is 1. The number of hydrogen-bond acceptors (Lipinski definition) is 4. The highest BCUT2D eigenvalue weighted by atomic mass is 19.1. The summed E-state index contributed by atoms with van der Waals surface area (Å²) in [6.07, 6.45) is 0.0731. The molecule has 0 aromatic heterocycles. The molecule has 1 atom stereocenters. The molecule has 8 heteroatoms. The molecule has 0 fully saturated rings. The summed E-state index contributed by atoms with van der Waals surface area (Å²) in [5.41, 5.74) is 1.76. The summed E-state index contributed by atoms with van der Waals surface area (Å²) in [4.78, 5) is 19.7. The molecule has 2 aromatic carbocycles. The fraction of sp³-hybridized carbons (Fsp3) is 0.364. The van der Waals surface area contributed by atoms with Gasteiger partial charge in [-0.15, -0.1) is 0 Å². The van der Waals surface area contributed by atoms with Gasteiger partial charge in [0.05, 0.1) is 25.9 Å². The number of ether oxygens (including phenoxy) is 1. The van der Waals surface area contributed by atoms with Crippen molar-refractivity contribution in [1.82, 2.24) is 10.2 Å². The van der Waals surface area contributed by atoms with E-state index in [-0.39, 0.29) is 30.7 Å². The minimum Gasteiger partial charge on any atom is -0.496 e. The number of benzene rings is 2. The molecule has 1 aliphatic heterocycles. The van der Waals surface area contributed by atoms with Crippen LogP contribution in [0.3, 0.4) is 0 Å². The van der Waals surface area contributed by atoms with Crippen molar-refractivity contribution in [3.05, 3.63) is 65.2 Å². The van der Waals surface area contributed by atoms with Crippen LogP contribution < -0.4 is 10.1 Å². The van der Waals surface area contributed by atoms with Crippen molar-refractivity contribution in [2.24, 2.45) is 5.16 Å². The van der Waals surface area contributed by atoms with E-state index in [4.69, 9.17) is 9.57 Å². The summed E-state index contributed by atoms with van der Waals surface area (Å²) in [6.45, 7) is 3.85. The largest absolute Gasteiger partial charge is 0.496 e. The van der Waals surface area contributed by atoms with Gasteiger partial charge >= 0.3 is 6.03 Å². The third kappa shape index (κ3) is 5.25. The number of rotatable bonds is 7. The molecule has 3 rings (SSSR count). The zero-order chi connectivity index (χ0) is 21.7. The van der Waals surface area contributed by atoms with E-state index in [0.717, 1.165) is 17.3 Å². The second-order valence-electron chi connectivity index (χ2n) is 7.39. The Balaban J connectivity index is 1.73. The zero-order valence-electron chi connectivity index (χ0n) is 17.2. The number of amides is 2. The summed E-state index contributed by atoms with van der Waals surface area (Å²) in [6, 6.07) is 10.3. The molecule has 0 radical (unpaired) electrons. The van der Waals surface area contributed by atoms with Gasteiger partial charge in [0, 0.05) is 29.7 Å². The summed E-state index contributed by atoms with van der Waals surface area (Å²) >= 11 is 0. The van der Waals surface area contributed by atoms with Crippen LogP contribution in [0.2, 0.25) is 0 Å². The molecular weight excluding hydrogens is 392 g/mol. The highest BCUT2D eigenvalue weighted by Gasteiger charge is 2.28. The van der Waals surface area contributed by atoms with Gasteiger partial charge in [-0.25, -0.2) is 13.6 Å². The fourth-order valence-electron chi connectivity index (χ4n) is 3.23. The molecule has 30 heavy (non-hydrogen) atoms. The maximum absolute atomic E-state index is 14.2. The maximum Gasteiger partial charge on any atom is 0.318 e. The average molecular weight is 417 g/mol. The Morgan fingerprint density at radius 3 is 2.77 bits per heavy atom. The predicted octanol–water partition coefficient (Wildman–Crippen LogP) is 4.09. The van der Waals surface area contributed by atoms with Gasteiger partial charge in [0.2, 0.25) is 0 Å². The molecule has 6 nitrogen and oxygen atoms in total. The molecule has 1 N–H and O–H groups in total. The summed E-state index contributed by atoms with van der Waals surface area (Å²) in [5.74, 6) is -0.678. The first-order valence-corrected chi connectivity index (χ1v) is 9.72. The van der Waals surface area contributed by atoms with Crippen molar-refractivity contribution in [3.63, 3.8) is 0 Å². The Morgan fingerprint density at radius 2 is 2.07 bits per heavy atom. The van der Waals surface area contributed by atoms with Crippen molar-refractivity contribution in [2.75, 3.05) is 13.7 Å². The van der Waals surface area contributed by atoms with E-state index in [2.05, 4.69) is 10.5 Å². The molecule has 0 aliphatic carbocycles. The normalized spacial score (nSPS) is 15.5. The third-order valence-corrected chi connectivity index (χ3v) is 4.65. The van der Waals surface area contributed by atoms with Crippen LogP contribution in [0.5, 0.6) is 5.75 Å². The number of carbonyl (C=O) groups is 1. The van der Waals surface area contributed by atoms with Crippen LogP contribution in [0, 0.1) is 11.6 Å². The number of urea groups is 1. The van der Waals surface area contributed by atoms with Gasteiger partial charge in [0.1, 0.15) is 17.4 Å². The number of nitrogens with one attached hydrogen (secondary N) is 1. The van der Waals surface area contributed by atoms with Gasteiger partial charge in [-0.05, 0) is 32.0 Å². The number of methoxy groups -OCH3 is 1. The van der Waals surface area contributed by atoms with Crippen molar-refractivity contribution in [1.29, 1.82) is 0 Å². The van der Waals surface area contributed by atoms with Crippen LogP contribution in [0.25, 0.3) is 0 Å². The molecule has 0 unspecified atom stereocenters. The molecule has 1 aliphatic rings. The van der Waals surface area contributed by atoms with E-state index in [1.807, 2.05) is 38.1 Å². The summed E-state index contributed by atoms with van der Waals surface area (Å²) < 4.78 is 32.8. The number of para-hydroxylation sites is 1. The lowest BCUT2D eigenvalue weighted by Gasteiger charge is -2.26. The van der Waals surface area contributed by atoms with Crippen LogP contribution in [-0.2, 0) is 11.4 Å². The molecule has 0 saturated carbocycles. The molecular formula is C22H25F2N3O3. The number of oxime groups is 1. The van der Waals surface area contributed by atoms with Crippen LogP contribution in [0.15, 0.2) is 47.6 Å². The van der Waals surface area contributed by atoms with E-state index in [9.17, 15) is 13.6 Å². The Kier molecular flexibility index (Phi) is 6.87. The number of nitrogens with zero attached hydrogens (tertiary/aromatic N) is 2. The second-order valence-corrected chi connectivity index (χ2v) is 7.39. The van der Waals surface area contributed by atoms with Gasteiger partial charge in [-0.1, -0.05) is 23.4 Å². The van der Waals surface area contributed by atoms with E-state index in [1.165, 1.54) is 17.0 Å². The van der Waals surface area contributed by atoms with Gasteiger partial charge in [-0.3, -0.25) is 0 Å². The fourth-order valence-corrected chi connectivity index (χ4v) is 3.23. The summed E-state index contributed by atoms with van der Waals surface area (Å²) in [7, 11) is 1.59. The molecule has 0 saturated heterocycles. The smallest absolute Gasteiger partial charge is 0.318 e. The van der Waals surface area contributed by atoms with E-state index in [0.29, 0.717) is 12.2 Å². The van der Waals surface area contributed by atoms with E-state index < -0.39 is 17.7 Å². The quantitative estimate of drug-likeness (QED) is 0.738. The standard InChI is InChI=1S/C22H25F2N3O3/c1-14(2)25-22(28)27(12-15-8-9-16(23)10-19(15)24)13-17-11-20(26-30-17)18-6-4-5-7-21(18)29-3/h4-10,14,17H,11-13H2,1-3H3,(H,25,28)/t17-/m0/s1. The predicted molar refractivity (Wildman–Crippen MR) is 109 cm³/mol. The summed E-state index contributed by atoms with van der Waals surface area (Å²) in [5, 5.41) is 6.97. The first kappa shape index (κ1) is 21.5. The lowest BCUT2D eigenvalue weighted by atomic mass is 10.0. The Labute approximate surface area is 174 Å². The van der Waals surface area contributed by atoms with Crippen molar-refractivity contribution < 1.29 is 23.1 Å².